The molecule has 0 saturated heterocycles. The van der Waals surface area contributed by atoms with E-state index in [4.69, 9.17) is 5.11 Å². The van der Waals surface area contributed by atoms with Crippen LogP contribution in [0.15, 0.2) is 24.3 Å². The molecule has 1 aromatic carbocycles. The maximum absolute atomic E-state index is 12.5. The smallest absolute Gasteiger partial charge is 0.416 e. The van der Waals surface area contributed by atoms with Crippen molar-refractivity contribution in [3.05, 3.63) is 35.4 Å². The maximum Gasteiger partial charge on any atom is 0.416 e. The van der Waals surface area contributed by atoms with Crippen molar-refractivity contribution in [1.82, 2.24) is 0 Å². The van der Waals surface area contributed by atoms with E-state index in [0.717, 1.165) is 12.1 Å². The quantitative estimate of drug-likeness (QED) is 0.839. The Kier molecular flexibility index (Phi) is 4.57. The highest BCUT2D eigenvalue weighted by atomic mass is 19.4. The molecule has 0 spiro atoms. The molecule has 0 aliphatic carbocycles. The molecule has 1 aromatic rings. The van der Waals surface area contributed by atoms with E-state index in [9.17, 15) is 22.8 Å². The molecular formula is C14H15F3O3. The zero-order chi connectivity index (χ0) is 15.6. The predicted molar refractivity (Wildman–Crippen MR) is 66.4 cm³/mol. The van der Waals surface area contributed by atoms with E-state index >= 15 is 0 Å². The van der Waals surface area contributed by atoms with E-state index in [1.165, 1.54) is 26.0 Å². The van der Waals surface area contributed by atoms with Crippen LogP contribution in [0, 0.1) is 5.41 Å². The zero-order valence-electron chi connectivity index (χ0n) is 11.1. The number of halogens is 3. The van der Waals surface area contributed by atoms with Gasteiger partial charge in [-0.3, -0.25) is 9.59 Å². The second-order valence-electron chi connectivity index (χ2n) is 5.19. The molecule has 0 bridgehead atoms. The highest BCUT2D eigenvalue weighted by molar-refractivity contribution is 5.96. The summed E-state index contributed by atoms with van der Waals surface area (Å²) in [5.41, 5.74) is -2.03. The van der Waals surface area contributed by atoms with Gasteiger partial charge in [-0.25, -0.2) is 0 Å². The van der Waals surface area contributed by atoms with Crippen LogP contribution in [-0.4, -0.2) is 16.9 Å². The highest BCUT2D eigenvalue weighted by Crippen LogP contribution is 2.30. The van der Waals surface area contributed by atoms with Crippen LogP contribution in [0.5, 0.6) is 0 Å². The van der Waals surface area contributed by atoms with E-state index in [1.54, 1.807) is 0 Å². The fraction of sp³-hybridized carbons (Fsp3) is 0.429. The molecule has 0 amide bonds. The minimum absolute atomic E-state index is 0.0546. The summed E-state index contributed by atoms with van der Waals surface area (Å²) >= 11 is 0. The summed E-state index contributed by atoms with van der Waals surface area (Å²) < 4.78 is 37.6. The van der Waals surface area contributed by atoms with Gasteiger partial charge in [-0.1, -0.05) is 12.1 Å². The van der Waals surface area contributed by atoms with Gasteiger partial charge in [0.15, 0.2) is 5.78 Å². The maximum atomic E-state index is 12.5. The van der Waals surface area contributed by atoms with Crippen LogP contribution in [0.25, 0.3) is 0 Å². The van der Waals surface area contributed by atoms with Gasteiger partial charge in [0, 0.05) is 12.0 Å². The van der Waals surface area contributed by atoms with Gasteiger partial charge in [-0.15, -0.1) is 0 Å². The minimum atomic E-state index is -4.50. The van der Waals surface area contributed by atoms with Gasteiger partial charge >= 0.3 is 12.1 Å². The third kappa shape index (κ3) is 4.08. The number of carboxylic acids is 1. The second-order valence-corrected chi connectivity index (χ2v) is 5.19. The molecule has 0 radical (unpaired) electrons. The molecule has 3 nitrogen and oxygen atoms in total. The second kappa shape index (κ2) is 5.64. The number of rotatable bonds is 5. The van der Waals surface area contributed by atoms with E-state index in [0.29, 0.717) is 0 Å². The first-order valence-electron chi connectivity index (χ1n) is 5.98. The average Bonchev–Trinajstić information content (AvgIpc) is 2.35. The number of Topliss-reactive ketones (excluding diaryl/α,β-unsaturated/α-hetero) is 1. The van der Waals surface area contributed by atoms with Crippen molar-refractivity contribution in [1.29, 1.82) is 0 Å². The van der Waals surface area contributed by atoms with E-state index < -0.39 is 28.9 Å². The SMILES string of the molecule is CC(C)(CCC(=O)c1cccc(C(F)(F)F)c1)C(=O)O. The number of hydrogen-bond acceptors (Lipinski definition) is 2. The summed E-state index contributed by atoms with van der Waals surface area (Å²) in [6.45, 7) is 2.93. The largest absolute Gasteiger partial charge is 0.481 e. The number of hydrogen-bond donors (Lipinski definition) is 1. The van der Waals surface area contributed by atoms with Crippen LogP contribution in [0.4, 0.5) is 13.2 Å². The normalized spacial score (nSPS) is 12.2. The van der Waals surface area contributed by atoms with Crippen molar-refractivity contribution in [2.24, 2.45) is 5.41 Å². The lowest BCUT2D eigenvalue weighted by Gasteiger charge is -2.18. The van der Waals surface area contributed by atoms with Gasteiger partial charge < -0.3 is 5.11 Å². The summed E-state index contributed by atoms with van der Waals surface area (Å²) in [4.78, 5) is 22.7. The first-order valence-corrected chi connectivity index (χ1v) is 5.98. The summed E-state index contributed by atoms with van der Waals surface area (Å²) in [6.07, 6.45) is -4.55. The molecule has 0 aliphatic heterocycles. The molecule has 110 valence electrons. The van der Waals surface area contributed by atoms with Gasteiger partial charge in [-0.2, -0.15) is 13.2 Å². The summed E-state index contributed by atoms with van der Waals surface area (Å²) in [7, 11) is 0. The fourth-order valence-corrected chi connectivity index (χ4v) is 1.55. The molecule has 0 atom stereocenters. The van der Waals surface area contributed by atoms with Crippen molar-refractivity contribution in [3.63, 3.8) is 0 Å². The summed E-state index contributed by atoms with van der Waals surface area (Å²) in [5.74, 6) is -1.54. The Morgan fingerprint density at radius 3 is 2.30 bits per heavy atom. The van der Waals surface area contributed by atoms with Crippen molar-refractivity contribution in [2.45, 2.75) is 32.9 Å². The Balaban J connectivity index is 2.82. The molecule has 20 heavy (non-hydrogen) atoms. The van der Waals surface area contributed by atoms with Gasteiger partial charge in [0.1, 0.15) is 0 Å². The van der Waals surface area contributed by atoms with Crippen LogP contribution < -0.4 is 0 Å². The van der Waals surface area contributed by atoms with E-state index in [1.807, 2.05) is 0 Å². The van der Waals surface area contributed by atoms with Crippen molar-refractivity contribution in [2.75, 3.05) is 0 Å². The Labute approximate surface area is 114 Å². The third-order valence-electron chi connectivity index (χ3n) is 3.07. The monoisotopic (exact) mass is 288 g/mol. The van der Waals surface area contributed by atoms with Crippen LogP contribution >= 0.6 is 0 Å². The van der Waals surface area contributed by atoms with Crippen LogP contribution in [0.2, 0.25) is 0 Å². The zero-order valence-corrected chi connectivity index (χ0v) is 11.1. The molecule has 1 N–H and O–H groups in total. The summed E-state index contributed by atoms with van der Waals surface area (Å²) in [6, 6.07) is 4.14. The van der Waals surface area contributed by atoms with Gasteiger partial charge in [0.05, 0.1) is 11.0 Å². The molecule has 0 saturated carbocycles. The Morgan fingerprint density at radius 1 is 1.20 bits per heavy atom. The first kappa shape index (κ1) is 16.2. The standard InChI is InChI=1S/C14H15F3O3/c1-13(2,12(19)20)7-6-11(18)9-4-3-5-10(8-9)14(15,16)17/h3-5,8H,6-7H2,1-2H3,(H,19,20). The number of aliphatic carboxylic acids is 1. The Bertz CT molecular complexity index is 519. The Morgan fingerprint density at radius 2 is 1.80 bits per heavy atom. The minimum Gasteiger partial charge on any atom is -0.481 e. The number of benzene rings is 1. The topological polar surface area (TPSA) is 54.4 Å². The van der Waals surface area contributed by atoms with Crippen molar-refractivity contribution >= 4 is 11.8 Å². The molecule has 0 unspecified atom stereocenters. The molecule has 6 heteroatoms. The predicted octanol–water partition coefficient (Wildman–Crippen LogP) is 3.78. The van der Waals surface area contributed by atoms with Gasteiger partial charge in [-0.05, 0) is 32.4 Å². The van der Waals surface area contributed by atoms with Crippen molar-refractivity contribution < 1.29 is 27.9 Å². The third-order valence-corrected chi connectivity index (χ3v) is 3.07. The van der Waals surface area contributed by atoms with E-state index in [2.05, 4.69) is 0 Å². The molecule has 1 rings (SSSR count). The molecule has 0 fully saturated rings. The lowest BCUT2D eigenvalue weighted by atomic mass is 9.86. The van der Waals surface area contributed by atoms with Gasteiger partial charge in [0.2, 0.25) is 0 Å². The first-order chi connectivity index (χ1) is 9.04. The van der Waals surface area contributed by atoms with Crippen LogP contribution in [0.3, 0.4) is 0 Å². The number of alkyl halides is 3. The van der Waals surface area contributed by atoms with Crippen LogP contribution in [0.1, 0.15) is 42.6 Å². The lowest BCUT2D eigenvalue weighted by molar-refractivity contribution is -0.147. The number of carbonyl (C=O) groups is 2. The lowest BCUT2D eigenvalue weighted by Crippen LogP contribution is -2.24. The molecule has 0 heterocycles. The van der Waals surface area contributed by atoms with Gasteiger partial charge in [0.25, 0.3) is 0 Å². The van der Waals surface area contributed by atoms with E-state index in [-0.39, 0.29) is 18.4 Å². The molecule has 0 aliphatic rings. The molecular weight excluding hydrogens is 273 g/mol. The average molecular weight is 288 g/mol. The molecule has 0 aromatic heterocycles. The number of carbonyl (C=O) groups excluding carboxylic acids is 1. The van der Waals surface area contributed by atoms with Crippen LogP contribution in [-0.2, 0) is 11.0 Å². The highest BCUT2D eigenvalue weighted by Gasteiger charge is 2.31. The van der Waals surface area contributed by atoms with Crippen molar-refractivity contribution in [3.8, 4) is 0 Å². The number of carboxylic acid groups (broad SMARTS) is 1. The Hall–Kier alpha value is -1.85. The summed E-state index contributed by atoms with van der Waals surface area (Å²) in [5, 5.41) is 8.92. The fourth-order valence-electron chi connectivity index (χ4n) is 1.55. The number of ketones is 1.